The minimum atomic E-state index is 0.656. The second-order valence-electron chi connectivity index (χ2n) is 2.82. The third kappa shape index (κ3) is 3.29. The maximum Gasteiger partial charge on any atom is 0.187 e. The van der Waals surface area contributed by atoms with Gasteiger partial charge in [0.25, 0.3) is 0 Å². The van der Waals surface area contributed by atoms with Crippen LogP contribution < -0.4 is 10.9 Å². The third-order valence-electron chi connectivity index (χ3n) is 1.49. The van der Waals surface area contributed by atoms with Gasteiger partial charge in [0.2, 0.25) is 0 Å². The number of nitrogens with one attached hydrogen (secondary N) is 2. The molecule has 0 aliphatic rings. The van der Waals surface area contributed by atoms with Crippen LogP contribution in [0.5, 0.6) is 0 Å². The lowest BCUT2D eigenvalue weighted by atomic mass is 10.3. The van der Waals surface area contributed by atoms with Crippen LogP contribution in [0.4, 0.5) is 5.69 Å². The van der Waals surface area contributed by atoms with Gasteiger partial charge in [-0.3, -0.25) is 10.9 Å². The van der Waals surface area contributed by atoms with Crippen LogP contribution in [0, 0.1) is 0 Å². The molecule has 1 rings (SSSR count). The summed E-state index contributed by atoms with van der Waals surface area (Å²) in [6, 6.07) is 9.82. The first-order valence-corrected chi connectivity index (χ1v) is 4.39. The van der Waals surface area contributed by atoms with E-state index in [1.54, 1.807) is 0 Å². The van der Waals surface area contributed by atoms with Crippen LogP contribution in [0.3, 0.4) is 0 Å². The lowest BCUT2D eigenvalue weighted by Gasteiger charge is -2.16. The maximum absolute atomic E-state index is 5.03. The zero-order chi connectivity index (χ0) is 9.68. The second kappa shape index (κ2) is 4.67. The van der Waals surface area contributed by atoms with Gasteiger partial charge >= 0.3 is 0 Å². The molecular formula is C9H13N3S. The molecule has 13 heavy (non-hydrogen) atoms. The van der Waals surface area contributed by atoms with E-state index >= 15 is 0 Å². The Bertz CT molecular complexity index is 271. The monoisotopic (exact) mass is 195 g/mol. The van der Waals surface area contributed by atoms with Crippen molar-refractivity contribution < 1.29 is 0 Å². The zero-order valence-electron chi connectivity index (χ0n) is 7.74. The van der Waals surface area contributed by atoms with Crippen molar-refractivity contribution in [2.45, 2.75) is 0 Å². The van der Waals surface area contributed by atoms with E-state index in [4.69, 9.17) is 12.2 Å². The average Bonchev–Trinajstić information content (AvgIpc) is 2.15. The number of thiocarbonyl (C=S) groups is 1. The molecule has 2 N–H and O–H groups in total. The van der Waals surface area contributed by atoms with Gasteiger partial charge in [0.1, 0.15) is 0 Å². The van der Waals surface area contributed by atoms with Gasteiger partial charge in [-0.05, 0) is 24.4 Å². The Morgan fingerprint density at radius 3 is 2.38 bits per heavy atom. The van der Waals surface area contributed by atoms with E-state index in [2.05, 4.69) is 10.9 Å². The second-order valence-corrected chi connectivity index (χ2v) is 3.20. The van der Waals surface area contributed by atoms with Gasteiger partial charge in [-0.2, -0.15) is 0 Å². The molecule has 0 bridgehead atoms. The molecule has 0 spiro atoms. The van der Waals surface area contributed by atoms with Crippen molar-refractivity contribution in [2.75, 3.05) is 19.5 Å². The van der Waals surface area contributed by atoms with E-state index in [0.29, 0.717) is 5.11 Å². The summed E-state index contributed by atoms with van der Waals surface area (Å²) in [6.45, 7) is 0. The van der Waals surface area contributed by atoms with E-state index < -0.39 is 0 Å². The summed E-state index contributed by atoms with van der Waals surface area (Å²) >= 11 is 5.03. The number of nitrogens with zero attached hydrogens (tertiary/aromatic N) is 1. The van der Waals surface area contributed by atoms with Gasteiger partial charge in [-0.25, -0.2) is 0 Å². The number of benzene rings is 1. The van der Waals surface area contributed by atoms with Crippen molar-refractivity contribution in [3.63, 3.8) is 0 Å². The van der Waals surface area contributed by atoms with Crippen LogP contribution in [-0.4, -0.2) is 24.1 Å². The Balaban J connectivity index is 2.40. The normalized spacial score (nSPS) is 9.08. The summed E-state index contributed by atoms with van der Waals surface area (Å²) < 4.78 is 0. The Labute approximate surface area is 83.7 Å². The highest BCUT2D eigenvalue weighted by molar-refractivity contribution is 7.80. The van der Waals surface area contributed by atoms with Gasteiger partial charge in [0.15, 0.2) is 5.11 Å². The van der Waals surface area contributed by atoms with Crippen molar-refractivity contribution in [1.29, 1.82) is 0 Å². The van der Waals surface area contributed by atoms with Crippen molar-refractivity contribution in [1.82, 2.24) is 10.3 Å². The standard InChI is InChI=1S/C9H13N3S/c1-12(2)9(13)11-10-8-6-4-3-5-7-8/h3-7,10H,1-2H3,(H,11,13). The molecule has 0 saturated heterocycles. The first-order chi connectivity index (χ1) is 6.20. The molecule has 0 radical (unpaired) electrons. The number of hydrazine groups is 1. The van der Waals surface area contributed by atoms with Gasteiger partial charge in [0, 0.05) is 14.1 Å². The van der Waals surface area contributed by atoms with Gasteiger partial charge in [-0.1, -0.05) is 18.2 Å². The minimum absolute atomic E-state index is 0.656. The SMILES string of the molecule is CN(C)C(=S)NNc1ccccc1. The molecule has 0 unspecified atom stereocenters. The quantitative estimate of drug-likeness (QED) is 0.552. The Morgan fingerprint density at radius 2 is 1.85 bits per heavy atom. The highest BCUT2D eigenvalue weighted by atomic mass is 32.1. The molecule has 4 heteroatoms. The number of hydrogen-bond donors (Lipinski definition) is 2. The van der Waals surface area contributed by atoms with Gasteiger partial charge in [0.05, 0.1) is 5.69 Å². The fourth-order valence-corrected chi connectivity index (χ4v) is 0.810. The molecule has 0 aromatic heterocycles. The summed E-state index contributed by atoms with van der Waals surface area (Å²) in [5, 5.41) is 0.656. The third-order valence-corrected chi connectivity index (χ3v) is 1.96. The van der Waals surface area contributed by atoms with E-state index in [9.17, 15) is 0 Å². The van der Waals surface area contributed by atoms with Crippen molar-refractivity contribution in [2.24, 2.45) is 0 Å². The molecule has 0 aliphatic carbocycles. The number of anilines is 1. The van der Waals surface area contributed by atoms with E-state index in [1.165, 1.54) is 0 Å². The fourth-order valence-electron chi connectivity index (χ4n) is 0.759. The van der Waals surface area contributed by atoms with E-state index in [-0.39, 0.29) is 0 Å². The molecule has 0 amide bonds. The highest BCUT2D eigenvalue weighted by Crippen LogP contribution is 2.02. The molecule has 0 heterocycles. The average molecular weight is 195 g/mol. The Kier molecular flexibility index (Phi) is 3.52. The van der Waals surface area contributed by atoms with Crippen LogP contribution in [0.1, 0.15) is 0 Å². The molecular weight excluding hydrogens is 182 g/mol. The molecule has 0 atom stereocenters. The molecule has 3 nitrogen and oxygen atoms in total. The molecule has 0 aliphatic heterocycles. The Hall–Kier alpha value is -1.29. The number of rotatable bonds is 2. The fraction of sp³-hybridized carbons (Fsp3) is 0.222. The smallest absolute Gasteiger partial charge is 0.187 e. The predicted octanol–water partition coefficient (Wildman–Crippen LogP) is 1.45. The van der Waals surface area contributed by atoms with Crippen LogP contribution in [0.25, 0.3) is 0 Å². The molecule has 1 aromatic rings. The summed E-state index contributed by atoms with van der Waals surface area (Å²) in [5.41, 5.74) is 6.89. The van der Waals surface area contributed by atoms with Crippen molar-refractivity contribution >= 4 is 23.0 Å². The lowest BCUT2D eigenvalue weighted by Crippen LogP contribution is -2.37. The highest BCUT2D eigenvalue weighted by Gasteiger charge is 1.95. The first kappa shape index (κ1) is 9.80. The van der Waals surface area contributed by atoms with Crippen molar-refractivity contribution in [3.8, 4) is 0 Å². The summed E-state index contributed by atoms with van der Waals surface area (Å²) in [7, 11) is 3.78. The van der Waals surface area contributed by atoms with Crippen LogP contribution in [0.15, 0.2) is 30.3 Å². The topological polar surface area (TPSA) is 27.3 Å². The number of para-hydroxylation sites is 1. The summed E-state index contributed by atoms with van der Waals surface area (Å²) in [6.07, 6.45) is 0. The van der Waals surface area contributed by atoms with Gasteiger partial charge < -0.3 is 4.90 Å². The summed E-state index contributed by atoms with van der Waals surface area (Å²) in [4.78, 5) is 1.82. The summed E-state index contributed by atoms with van der Waals surface area (Å²) in [5.74, 6) is 0. The van der Waals surface area contributed by atoms with Crippen LogP contribution in [0.2, 0.25) is 0 Å². The minimum Gasteiger partial charge on any atom is -0.354 e. The molecule has 0 saturated carbocycles. The van der Waals surface area contributed by atoms with Crippen LogP contribution >= 0.6 is 12.2 Å². The zero-order valence-corrected chi connectivity index (χ0v) is 8.56. The lowest BCUT2D eigenvalue weighted by molar-refractivity contribution is 0.611. The maximum atomic E-state index is 5.03. The van der Waals surface area contributed by atoms with E-state index in [1.807, 2.05) is 49.3 Å². The Morgan fingerprint density at radius 1 is 1.23 bits per heavy atom. The predicted molar refractivity (Wildman–Crippen MR) is 59.5 cm³/mol. The van der Waals surface area contributed by atoms with Crippen LogP contribution in [-0.2, 0) is 0 Å². The molecule has 1 aromatic carbocycles. The molecule has 0 fully saturated rings. The van der Waals surface area contributed by atoms with Gasteiger partial charge in [-0.15, -0.1) is 0 Å². The first-order valence-electron chi connectivity index (χ1n) is 3.98. The van der Waals surface area contributed by atoms with Crippen molar-refractivity contribution in [3.05, 3.63) is 30.3 Å². The largest absolute Gasteiger partial charge is 0.354 e. The molecule has 70 valence electrons. The van der Waals surface area contributed by atoms with E-state index in [0.717, 1.165) is 5.69 Å². The number of hydrogen-bond acceptors (Lipinski definition) is 2.